The molecule has 1 aromatic rings. The van der Waals surface area contributed by atoms with Gasteiger partial charge in [0.1, 0.15) is 11.5 Å². The van der Waals surface area contributed by atoms with Crippen LogP contribution in [0.5, 0.6) is 11.5 Å². The molecule has 1 aliphatic heterocycles. The van der Waals surface area contributed by atoms with E-state index in [1.165, 1.54) is 0 Å². The molecular weight excluding hydrogens is 219 g/mol. The standard InChI is InChI=1S/C12H15BO4/c1-3-4-7-13-16-11-8-9(15-2)5-6-10(11)12(14)17-13/h5-6,8H,3-4,7H2,1-2H3. The lowest BCUT2D eigenvalue weighted by Crippen LogP contribution is -2.34. The fraction of sp³-hybridized carbons (Fsp3) is 0.417. The summed E-state index contributed by atoms with van der Waals surface area (Å²) in [7, 11) is 1.11. The van der Waals surface area contributed by atoms with Gasteiger partial charge in [-0.2, -0.15) is 0 Å². The molecule has 2 rings (SSSR count). The molecule has 1 heterocycles. The van der Waals surface area contributed by atoms with Crippen molar-refractivity contribution in [1.29, 1.82) is 0 Å². The molecule has 0 unspecified atom stereocenters. The van der Waals surface area contributed by atoms with Crippen LogP contribution in [-0.2, 0) is 4.65 Å². The maximum Gasteiger partial charge on any atom is 0.596 e. The third-order valence-electron chi connectivity index (χ3n) is 2.70. The van der Waals surface area contributed by atoms with E-state index in [0.29, 0.717) is 17.1 Å². The van der Waals surface area contributed by atoms with Crippen molar-refractivity contribution in [2.75, 3.05) is 7.11 Å². The lowest BCUT2D eigenvalue weighted by Gasteiger charge is -2.23. The Kier molecular flexibility index (Phi) is 3.56. The largest absolute Gasteiger partial charge is 0.596 e. The highest BCUT2D eigenvalue weighted by Gasteiger charge is 2.33. The Hall–Kier alpha value is -1.65. The number of ether oxygens (including phenoxy) is 1. The second-order valence-electron chi connectivity index (χ2n) is 3.96. The van der Waals surface area contributed by atoms with E-state index in [2.05, 4.69) is 6.92 Å². The van der Waals surface area contributed by atoms with E-state index in [1.807, 2.05) is 0 Å². The molecular formula is C12H15BO4. The van der Waals surface area contributed by atoms with Gasteiger partial charge in [0, 0.05) is 12.4 Å². The van der Waals surface area contributed by atoms with Crippen LogP contribution in [-0.4, -0.2) is 20.2 Å². The summed E-state index contributed by atoms with van der Waals surface area (Å²) in [5.74, 6) is 0.893. The highest BCUT2D eigenvalue weighted by atomic mass is 16.6. The summed E-state index contributed by atoms with van der Waals surface area (Å²) < 4.78 is 15.9. The number of carbonyl (C=O) groups excluding carboxylic acids is 1. The Morgan fingerprint density at radius 2 is 2.18 bits per heavy atom. The van der Waals surface area contributed by atoms with Crippen LogP contribution < -0.4 is 9.39 Å². The minimum absolute atomic E-state index is 0.324. The van der Waals surface area contributed by atoms with Gasteiger partial charge in [-0.05, 0) is 12.1 Å². The molecule has 0 saturated carbocycles. The molecule has 0 saturated heterocycles. The van der Waals surface area contributed by atoms with Crippen molar-refractivity contribution in [3.05, 3.63) is 23.8 Å². The summed E-state index contributed by atoms with van der Waals surface area (Å²) in [5, 5.41) is 0. The number of carbonyl (C=O) groups is 1. The number of benzene rings is 1. The van der Waals surface area contributed by atoms with Crippen LogP contribution in [0.4, 0.5) is 0 Å². The average Bonchev–Trinajstić information content (AvgIpc) is 2.35. The van der Waals surface area contributed by atoms with Crippen molar-refractivity contribution in [1.82, 2.24) is 0 Å². The first-order chi connectivity index (χ1) is 8.24. The van der Waals surface area contributed by atoms with E-state index in [0.717, 1.165) is 19.2 Å². The van der Waals surface area contributed by atoms with Gasteiger partial charge in [-0.1, -0.05) is 19.8 Å². The molecule has 0 N–H and O–H groups in total. The van der Waals surface area contributed by atoms with E-state index in [1.54, 1.807) is 25.3 Å². The molecule has 0 atom stereocenters. The first kappa shape index (κ1) is 11.8. The van der Waals surface area contributed by atoms with Gasteiger partial charge in [0.05, 0.1) is 12.7 Å². The molecule has 0 aromatic heterocycles. The predicted octanol–water partition coefficient (Wildman–Crippen LogP) is 2.53. The number of fused-ring (bicyclic) bond motifs is 1. The molecule has 90 valence electrons. The summed E-state index contributed by atoms with van der Waals surface area (Å²) in [6.45, 7) is 2.08. The summed E-state index contributed by atoms with van der Waals surface area (Å²) in [6, 6.07) is 5.09. The molecule has 1 aromatic carbocycles. The maximum absolute atomic E-state index is 11.7. The number of hydrogen-bond donors (Lipinski definition) is 0. The second-order valence-corrected chi connectivity index (χ2v) is 3.96. The molecule has 0 amide bonds. The fourth-order valence-electron chi connectivity index (χ4n) is 1.73. The molecule has 0 fully saturated rings. The SMILES string of the molecule is CCCCB1OC(=O)c2ccc(OC)cc2O1. The lowest BCUT2D eigenvalue weighted by molar-refractivity contribution is 0.0678. The minimum atomic E-state index is -0.470. The Balaban J connectivity index is 2.18. The third-order valence-corrected chi connectivity index (χ3v) is 2.70. The Morgan fingerprint density at radius 1 is 1.35 bits per heavy atom. The third kappa shape index (κ3) is 2.54. The fourth-order valence-corrected chi connectivity index (χ4v) is 1.73. The zero-order valence-electron chi connectivity index (χ0n) is 10.1. The molecule has 1 aliphatic rings. The molecule has 0 spiro atoms. The van der Waals surface area contributed by atoms with Gasteiger partial charge in [-0.3, -0.25) is 0 Å². The van der Waals surface area contributed by atoms with Crippen LogP contribution in [0.3, 0.4) is 0 Å². The summed E-state index contributed by atoms with van der Waals surface area (Å²) in [4.78, 5) is 11.7. The Labute approximate surface area is 101 Å². The Morgan fingerprint density at radius 3 is 2.88 bits per heavy atom. The van der Waals surface area contributed by atoms with E-state index in [-0.39, 0.29) is 5.97 Å². The summed E-state index contributed by atoms with van der Waals surface area (Å²) in [5.41, 5.74) is 0.457. The van der Waals surface area contributed by atoms with Gasteiger partial charge in [0.15, 0.2) is 0 Å². The first-order valence-corrected chi connectivity index (χ1v) is 5.80. The molecule has 0 radical (unpaired) electrons. The minimum Gasteiger partial charge on any atom is -0.525 e. The van der Waals surface area contributed by atoms with Crippen LogP contribution in [0.1, 0.15) is 30.1 Å². The predicted molar refractivity (Wildman–Crippen MR) is 64.5 cm³/mol. The maximum atomic E-state index is 11.7. The number of rotatable bonds is 4. The first-order valence-electron chi connectivity index (χ1n) is 5.80. The smallest absolute Gasteiger partial charge is 0.525 e. The molecule has 17 heavy (non-hydrogen) atoms. The van der Waals surface area contributed by atoms with Crippen LogP contribution in [0, 0.1) is 0 Å². The van der Waals surface area contributed by atoms with Gasteiger partial charge in [0.2, 0.25) is 0 Å². The quantitative estimate of drug-likeness (QED) is 0.751. The van der Waals surface area contributed by atoms with E-state index >= 15 is 0 Å². The van der Waals surface area contributed by atoms with Crippen molar-refractivity contribution >= 4 is 13.1 Å². The van der Waals surface area contributed by atoms with Crippen molar-refractivity contribution in [3.8, 4) is 11.5 Å². The molecule has 4 nitrogen and oxygen atoms in total. The van der Waals surface area contributed by atoms with Crippen LogP contribution in [0.2, 0.25) is 6.32 Å². The van der Waals surface area contributed by atoms with Crippen molar-refractivity contribution in [2.45, 2.75) is 26.1 Å². The van der Waals surface area contributed by atoms with Gasteiger partial charge in [-0.25, -0.2) is 4.79 Å². The van der Waals surface area contributed by atoms with Gasteiger partial charge >= 0.3 is 13.1 Å². The number of hydrogen-bond acceptors (Lipinski definition) is 4. The molecule has 5 heteroatoms. The normalized spacial score (nSPS) is 13.8. The van der Waals surface area contributed by atoms with Crippen molar-refractivity contribution in [3.63, 3.8) is 0 Å². The summed E-state index contributed by atoms with van der Waals surface area (Å²) in [6.07, 6.45) is 2.73. The lowest BCUT2D eigenvalue weighted by atomic mass is 9.81. The molecule has 0 aliphatic carbocycles. The average molecular weight is 234 g/mol. The highest BCUT2D eigenvalue weighted by molar-refractivity contribution is 6.49. The zero-order chi connectivity index (χ0) is 12.3. The molecule has 0 bridgehead atoms. The van der Waals surface area contributed by atoms with Gasteiger partial charge < -0.3 is 14.0 Å². The van der Waals surface area contributed by atoms with Gasteiger partial charge in [-0.15, -0.1) is 0 Å². The number of methoxy groups -OCH3 is 1. The van der Waals surface area contributed by atoms with E-state index in [9.17, 15) is 4.79 Å². The zero-order valence-corrected chi connectivity index (χ0v) is 10.1. The highest BCUT2D eigenvalue weighted by Crippen LogP contribution is 2.30. The second kappa shape index (κ2) is 5.12. The van der Waals surface area contributed by atoms with Crippen LogP contribution >= 0.6 is 0 Å². The van der Waals surface area contributed by atoms with Crippen LogP contribution in [0.15, 0.2) is 18.2 Å². The topological polar surface area (TPSA) is 44.8 Å². The monoisotopic (exact) mass is 234 g/mol. The van der Waals surface area contributed by atoms with Crippen LogP contribution in [0.25, 0.3) is 0 Å². The van der Waals surface area contributed by atoms with Crippen molar-refractivity contribution in [2.24, 2.45) is 0 Å². The van der Waals surface area contributed by atoms with Gasteiger partial charge in [0.25, 0.3) is 0 Å². The van der Waals surface area contributed by atoms with E-state index in [4.69, 9.17) is 14.0 Å². The summed E-state index contributed by atoms with van der Waals surface area (Å²) >= 11 is 0. The Bertz CT molecular complexity index is 419. The van der Waals surface area contributed by atoms with Crippen molar-refractivity contribution < 1.29 is 18.8 Å². The number of unbranched alkanes of at least 4 members (excludes halogenated alkanes) is 1. The van der Waals surface area contributed by atoms with E-state index < -0.39 is 7.12 Å².